The van der Waals surface area contributed by atoms with Gasteiger partial charge in [-0.2, -0.15) is 0 Å². The monoisotopic (exact) mass is 255 g/mol. The zero-order chi connectivity index (χ0) is 13.7. The molecular formula is C16H21N3. The summed E-state index contributed by atoms with van der Waals surface area (Å²) >= 11 is 0. The normalized spacial score (nSPS) is 10.9. The van der Waals surface area contributed by atoms with Crippen molar-refractivity contribution in [2.75, 3.05) is 6.54 Å². The van der Waals surface area contributed by atoms with E-state index >= 15 is 0 Å². The highest BCUT2D eigenvalue weighted by atomic mass is 14.9. The molecule has 2 rings (SSSR count). The number of nitrogens with two attached hydrogens (primary N) is 1. The first-order chi connectivity index (χ1) is 9.20. The van der Waals surface area contributed by atoms with E-state index in [-0.39, 0.29) is 0 Å². The maximum Gasteiger partial charge on any atom is 0.128 e. The van der Waals surface area contributed by atoms with Crippen LogP contribution < -0.4 is 5.73 Å². The van der Waals surface area contributed by atoms with Crippen LogP contribution in [0.15, 0.2) is 36.5 Å². The Kier molecular flexibility index (Phi) is 4.63. The minimum absolute atomic E-state index is 0.555. The predicted octanol–water partition coefficient (Wildman–Crippen LogP) is 3.16. The fourth-order valence-electron chi connectivity index (χ4n) is 1.98. The molecule has 1 aromatic heterocycles. The molecule has 0 fully saturated rings. The van der Waals surface area contributed by atoms with Gasteiger partial charge in [0.1, 0.15) is 5.82 Å². The van der Waals surface area contributed by atoms with E-state index in [1.54, 1.807) is 0 Å². The van der Waals surface area contributed by atoms with Gasteiger partial charge < -0.3 is 5.73 Å². The van der Waals surface area contributed by atoms with Gasteiger partial charge in [-0.15, -0.1) is 0 Å². The summed E-state index contributed by atoms with van der Waals surface area (Å²) in [4.78, 5) is 8.87. The molecule has 0 amide bonds. The second kappa shape index (κ2) is 6.43. The molecular weight excluding hydrogens is 234 g/mol. The molecule has 0 aliphatic heterocycles. The zero-order valence-electron chi connectivity index (χ0n) is 11.6. The predicted molar refractivity (Wildman–Crippen MR) is 78.9 cm³/mol. The van der Waals surface area contributed by atoms with Gasteiger partial charge in [0.15, 0.2) is 0 Å². The van der Waals surface area contributed by atoms with Gasteiger partial charge in [-0.3, -0.25) is 0 Å². The molecule has 0 spiro atoms. The Bertz CT molecular complexity index is 518. The number of benzene rings is 1. The van der Waals surface area contributed by atoms with Crippen molar-refractivity contribution in [2.24, 2.45) is 5.73 Å². The van der Waals surface area contributed by atoms with Gasteiger partial charge in [-0.25, -0.2) is 9.97 Å². The van der Waals surface area contributed by atoms with E-state index < -0.39 is 0 Å². The molecule has 2 N–H and O–H groups in total. The van der Waals surface area contributed by atoms with Crippen LogP contribution in [0.5, 0.6) is 0 Å². The lowest BCUT2D eigenvalue weighted by Crippen LogP contribution is -2.03. The summed E-state index contributed by atoms with van der Waals surface area (Å²) in [5.74, 6) is 1.43. The molecule has 0 bridgehead atoms. The highest BCUT2D eigenvalue weighted by Crippen LogP contribution is 2.21. The Labute approximate surface area is 114 Å². The molecule has 3 heteroatoms. The summed E-state index contributed by atoms with van der Waals surface area (Å²) in [6, 6.07) is 10.6. The first-order valence-electron chi connectivity index (χ1n) is 6.83. The van der Waals surface area contributed by atoms with E-state index in [0.29, 0.717) is 12.5 Å². The van der Waals surface area contributed by atoms with Gasteiger partial charge in [-0.05, 0) is 30.5 Å². The maximum atomic E-state index is 5.51. The number of hydrogen-bond donors (Lipinski definition) is 1. The van der Waals surface area contributed by atoms with E-state index in [9.17, 15) is 0 Å². The van der Waals surface area contributed by atoms with Crippen molar-refractivity contribution in [3.8, 4) is 11.3 Å². The molecule has 0 saturated heterocycles. The Morgan fingerprint density at radius 3 is 2.47 bits per heavy atom. The molecule has 0 atom stereocenters. The Hall–Kier alpha value is -1.74. The molecule has 3 nitrogen and oxygen atoms in total. The van der Waals surface area contributed by atoms with Crippen LogP contribution >= 0.6 is 0 Å². The van der Waals surface area contributed by atoms with Crippen LogP contribution in [0.25, 0.3) is 11.3 Å². The second-order valence-corrected chi connectivity index (χ2v) is 5.03. The molecule has 0 saturated carbocycles. The van der Waals surface area contributed by atoms with Crippen LogP contribution in [0.4, 0.5) is 0 Å². The number of aromatic nitrogens is 2. The van der Waals surface area contributed by atoms with Crippen LogP contribution in [0, 0.1) is 0 Å². The van der Waals surface area contributed by atoms with E-state index in [4.69, 9.17) is 5.73 Å². The average Bonchev–Trinajstić information content (AvgIpc) is 2.45. The minimum atomic E-state index is 0.555. The first kappa shape index (κ1) is 13.7. The van der Waals surface area contributed by atoms with Crippen LogP contribution in [0.2, 0.25) is 0 Å². The van der Waals surface area contributed by atoms with Gasteiger partial charge in [0.05, 0.1) is 5.69 Å². The summed E-state index contributed by atoms with van der Waals surface area (Å²) in [6.45, 7) is 5.08. The number of rotatable bonds is 5. The van der Waals surface area contributed by atoms with Crippen molar-refractivity contribution in [2.45, 2.75) is 32.6 Å². The van der Waals surface area contributed by atoms with E-state index in [0.717, 1.165) is 29.9 Å². The molecule has 100 valence electrons. The van der Waals surface area contributed by atoms with Crippen LogP contribution in [-0.4, -0.2) is 16.5 Å². The van der Waals surface area contributed by atoms with Crippen molar-refractivity contribution >= 4 is 0 Å². The lowest BCUT2D eigenvalue weighted by atomic mass is 10.0. The molecule has 1 aromatic carbocycles. The van der Waals surface area contributed by atoms with Gasteiger partial charge in [0.25, 0.3) is 0 Å². The molecule has 19 heavy (non-hydrogen) atoms. The Morgan fingerprint density at radius 2 is 1.84 bits per heavy atom. The van der Waals surface area contributed by atoms with Crippen LogP contribution in [0.1, 0.15) is 37.6 Å². The number of hydrogen-bond acceptors (Lipinski definition) is 3. The van der Waals surface area contributed by atoms with Gasteiger partial charge in [0, 0.05) is 18.2 Å². The van der Waals surface area contributed by atoms with Crippen molar-refractivity contribution in [3.63, 3.8) is 0 Å². The van der Waals surface area contributed by atoms with Gasteiger partial charge in [-0.1, -0.05) is 38.1 Å². The standard InChI is InChI=1S/C16H21N3/c1-12(2)13-5-7-14(8-6-13)15-9-11-18-16(19-15)4-3-10-17/h5-9,11-12H,3-4,10,17H2,1-2H3. The average molecular weight is 255 g/mol. The van der Waals surface area contributed by atoms with E-state index in [1.807, 2.05) is 12.3 Å². The molecule has 0 unspecified atom stereocenters. The van der Waals surface area contributed by atoms with E-state index in [2.05, 4.69) is 48.1 Å². The molecule has 0 radical (unpaired) electrons. The third-order valence-electron chi connectivity index (χ3n) is 3.18. The van der Waals surface area contributed by atoms with Crippen molar-refractivity contribution in [1.82, 2.24) is 9.97 Å². The topological polar surface area (TPSA) is 51.8 Å². The lowest BCUT2D eigenvalue weighted by Gasteiger charge is -2.07. The smallest absolute Gasteiger partial charge is 0.128 e. The zero-order valence-corrected chi connectivity index (χ0v) is 11.6. The highest BCUT2D eigenvalue weighted by molar-refractivity contribution is 5.59. The SMILES string of the molecule is CC(C)c1ccc(-c2ccnc(CCCN)n2)cc1. The van der Waals surface area contributed by atoms with Crippen molar-refractivity contribution in [3.05, 3.63) is 47.9 Å². The Morgan fingerprint density at radius 1 is 1.11 bits per heavy atom. The summed E-state index contributed by atoms with van der Waals surface area (Å²) in [5.41, 5.74) is 8.99. The number of nitrogens with zero attached hydrogens (tertiary/aromatic N) is 2. The largest absolute Gasteiger partial charge is 0.330 e. The maximum absolute atomic E-state index is 5.51. The van der Waals surface area contributed by atoms with Crippen LogP contribution in [0.3, 0.4) is 0 Å². The lowest BCUT2D eigenvalue weighted by molar-refractivity contribution is 0.782. The fourth-order valence-corrected chi connectivity index (χ4v) is 1.98. The Balaban J connectivity index is 2.21. The minimum Gasteiger partial charge on any atom is -0.330 e. The van der Waals surface area contributed by atoms with Crippen molar-refractivity contribution in [1.29, 1.82) is 0 Å². The molecule has 0 aliphatic rings. The van der Waals surface area contributed by atoms with Gasteiger partial charge in [0.2, 0.25) is 0 Å². The third kappa shape index (κ3) is 3.61. The molecule has 1 heterocycles. The summed E-state index contributed by atoms with van der Waals surface area (Å²) in [7, 11) is 0. The fraction of sp³-hybridized carbons (Fsp3) is 0.375. The summed E-state index contributed by atoms with van der Waals surface area (Å²) < 4.78 is 0. The number of aryl methyl sites for hydroxylation is 1. The third-order valence-corrected chi connectivity index (χ3v) is 3.18. The van der Waals surface area contributed by atoms with Crippen LogP contribution in [-0.2, 0) is 6.42 Å². The summed E-state index contributed by atoms with van der Waals surface area (Å²) in [5, 5.41) is 0. The molecule has 0 aliphatic carbocycles. The molecule has 2 aromatic rings. The first-order valence-corrected chi connectivity index (χ1v) is 6.83. The van der Waals surface area contributed by atoms with Gasteiger partial charge >= 0.3 is 0 Å². The van der Waals surface area contributed by atoms with E-state index in [1.165, 1.54) is 5.56 Å². The quantitative estimate of drug-likeness (QED) is 0.893. The second-order valence-electron chi connectivity index (χ2n) is 5.03. The summed E-state index contributed by atoms with van der Waals surface area (Å²) in [6.07, 6.45) is 3.59. The van der Waals surface area contributed by atoms with Crippen molar-refractivity contribution < 1.29 is 0 Å². The highest BCUT2D eigenvalue weighted by Gasteiger charge is 2.04.